The molecular weight excluding hydrogens is 640 g/mol. The SMILES string of the molecule is CC(C)[C@H](NC(=O)[C@@H](c1ccccc1)C(N)C[C@@H](c1ccccc1)c1cc(Cl)cc(Cl)c1)C(=O)C(F)(F)C(=O)NCC(F)(F)F. The number of nitrogens with two attached hydrogens (primary N) is 1. The summed E-state index contributed by atoms with van der Waals surface area (Å²) >= 11 is 12.6. The molecule has 1 unspecified atom stereocenters. The molecule has 0 spiro atoms. The topological polar surface area (TPSA) is 101 Å². The summed E-state index contributed by atoms with van der Waals surface area (Å²) in [6.07, 6.45) is -4.84. The summed E-state index contributed by atoms with van der Waals surface area (Å²) in [6.45, 7) is 0.634. The Bertz CT molecular complexity index is 1450. The smallest absolute Gasteiger partial charge is 0.345 e. The highest BCUT2D eigenvalue weighted by atomic mass is 35.5. The quantitative estimate of drug-likeness (QED) is 0.140. The maximum atomic E-state index is 14.8. The van der Waals surface area contributed by atoms with Crippen LogP contribution in [0.25, 0.3) is 0 Å². The summed E-state index contributed by atoms with van der Waals surface area (Å²) in [4.78, 5) is 38.7. The summed E-state index contributed by atoms with van der Waals surface area (Å²) in [5.41, 5.74) is 8.67. The van der Waals surface area contributed by atoms with E-state index in [2.05, 4.69) is 5.32 Å². The van der Waals surface area contributed by atoms with Crippen LogP contribution in [0.1, 0.15) is 48.8 Å². The van der Waals surface area contributed by atoms with Crippen molar-refractivity contribution in [3.63, 3.8) is 0 Å². The van der Waals surface area contributed by atoms with E-state index in [-0.39, 0.29) is 6.42 Å². The lowest BCUT2D eigenvalue weighted by atomic mass is 9.80. The number of benzene rings is 3. The highest BCUT2D eigenvalue weighted by Gasteiger charge is 2.52. The lowest BCUT2D eigenvalue weighted by Gasteiger charge is -2.31. The molecule has 242 valence electrons. The molecule has 0 fully saturated rings. The predicted molar refractivity (Wildman–Crippen MR) is 162 cm³/mol. The molecule has 4 N–H and O–H groups in total. The predicted octanol–water partition coefficient (Wildman–Crippen LogP) is 6.65. The molecule has 3 rings (SSSR count). The van der Waals surface area contributed by atoms with Gasteiger partial charge in [0.1, 0.15) is 6.54 Å². The van der Waals surface area contributed by atoms with Crippen LogP contribution in [0.2, 0.25) is 10.0 Å². The van der Waals surface area contributed by atoms with Gasteiger partial charge in [0.05, 0.1) is 12.0 Å². The van der Waals surface area contributed by atoms with Gasteiger partial charge in [0.15, 0.2) is 0 Å². The summed E-state index contributed by atoms with van der Waals surface area (Å²) in [6, 6.07) is 19.5. The Morgan fingerprint density at radius 1 is 0.800 bits per heavy atom. The Morgan fingerprint density at radius 3 is 1.80 bits per heavy atom. The van der Waals surface area contributed by atoms with Crippen molar-refractivity contribution in [2.45, 2.75) is 56.3 Å². The molecule has 0 radical (unpaired) electrons. The molecule has 2 amide bonds. The molecule has 4 atom stereocenters. The van der Waals surface area contributed by atoms with E-state index in [4.69, 9.17) is 28.9 Å². The standard InChI is InChI=1S/C32H32Cl2F5N3O3/c1-18(2)27(28(43)32(38,39)30(45)41-17-31(35,36)37)42-29(44)26(20-11-7-4-8-12-20)25(40)16-24(19-9-5-3-6-10-19)21-13-22(33)15-23(34)14-21/h3-15,18,24-27H,16-17,40H2,1-2H3,(H,41,45)(H,42,44)/t24-,25?,26-,27-/m0/s1. The van der Waals surface area contributed by atoms with Crippen LogP contribution in [0.3, 0.4) is 0 Å². The molecule has 13 heteroatoms. The zero-order chi connectivity index (χ0) is 33.5. The number of hydrogen-bond donors (Lipinski definition) is 3. The molecular formula is C32H32Cl2F5N3O3. The summed E-state index contributed by atoms with van der Waals surface area (Å²) in [7, 11) is 0. The second kappa shape index (κ2) is 15.2. The van der Waals surface area contributed by atoms with Gasteiger partial charge < -0.3 is 16.4 Å². The van der Waals surface area contributed by atoms with Gasteiger partial charge in [-0.15, -0.1) is 0 Å². The Labute approximate surface area is 267 Å². The number of amides is 2. The number of rotatable bonds is 13. The van der Waals surface area contributed by atoms with Crippen LogP contribution in [-0.2, 0) is 14.4 Å². The second-order valence-corrected chi connectivity index (χ2v) is 11.8. The number of carbonyl (C=O) groups is 3. The third-order valence-electron chi connectivity index (χ3n) is 7.16. The van der Waals surface area contributed by atoms with Crippen molar-refractivity contribution < 1.29 is 36.3 Å². The normalized spacial score (nSPS) is 14.7. The van der Waals surface area contributed by atoms with E-state index in [1.165, 1.54) is 13.8 Å². The molecule has 0 aliphatic rings. The number of nitrogens with one attached hydrogen (secondary N) is 2. The van der Waals surface area contributed by atoms with Crippen LogP contribution in [-0.4, -0.2) is 48.3 Å². The van der Waals surface area contributed by atoms with Crippen LogP contribution >= 0.6 is 23.2 Å². The van der Waals surface area contributed by atoms with Gasteiger partial charge in [-0.25, -0.2) is 0 Å². The first-order chi connectivity index (χ1) is 21.0. The first-order valence-corrected chi connectivity index (χ1v) is 14.7. The summed E-state index contributed by atoms with van der Waals surface area (Å²) in [5.74, 6) is -12.8. The van der Waals surface area contributed by atoms with Crippen molar-refractivity contribution in [3.8, 4) is 0 Å². The molecule has 0 saturated heterocycles. The summed E-state index contributed by atoms with van der Waals surface area (Å²) < 4.78 is 67.2. The minimum atomic E-state index is -4.98. The van der Waals surface area contributed by atoms with Crippen molar-refractivity contribution in [2.24, 2.45) is 11.7 Å². The zero-order valence-corrected chi connectivity index (χ0v) is 25.8. The van der Waals surface area contributed by atoms with E-state index >= 15 is 0 Å². The fourth-order valence-corrected chi connectivity index (χ4v) is 5.51. The van der Waals surface area contributed by atoms with Crippen molar-refractivity contribution in [1.82, 2.24) is 10.6 Å². The van der Waals surface area contributed by atoms with Crippen molar-refractivity contribution in [2.75, 3.05) is 6.54 Å². The minimum Gasteiger partial charge on any atom is -0.345 e. The van der Waals surface area contributed by atoms with Gasteiger partial charge in [-0.3, -0.25) is 14.4 Å². The number of halogens is 7. The molecule has 3 aromatic carbocycles. The molecule has 0 aliphatic heterocycles. The maximum absolute atomic E-state index is 14.8. The molecule has 0 aliphatic carbocycles. The van der Waals surface area contributed by atoms with E-state index in [9.17, 15) is 36.3 Å². The van der Waals surface area contributed by atoms with Crippen molar-refractivity contribution in [3.05, 3.63) is 106 Å². The highest BCUT2D eigenvalue weighted by Crippen LogP contribution is 2.36. The van der Waals surface area contributed by atoms with Crippen LogP contribution in [0, 0.1) is 5.92 Å². The molecule has 3 aromatic rings. The third-order valence-corrected chi connectivity index (χ3v) is 7.59. The van der Waals surface area contributed by atoms with Crippen LogP contribution in [0.5, 0.6) is 0 Å². The van der Waals surface area contributed by atoms with Gasteiger partial charge in [0, 0.05) is 22.0 Å². The minimum absolute atomic E-state index is 0.143. The van der Waals surface area contributed by atoms with Crippen molar-refractivity contribution in [1.29, 1.82) is 0 Å². The van der Waals surface area contributed by atoms with E-state index < -0.39 is 66.1 Å². The second-order valence-electron chi connectivity index (χ2n) is 10.9. The fraction of sp³-hybridized carbons (Fsp3) is 0.344. The number of hydrogen-bond acceptors (Lipinski definition) is 4. The van der Waals surface area contributed by atoms with Gasteiger partial charge in [-0.05, 0) is 47.2 Å². The van der Waals surface area contributed by atoms with Crippen molar-refractivity contribution >= 4 is 40.8 Å². The van der Waals surface area contributed by atoms with Gasteiger partial charge in [-0.2, -0.15) is 22.0 Å². The fourth-order valence-electron chi connectivity index (χ4n) is 4.96. The highest BCUT2D eigenvalue weighted by molar-refractivity contribution is 6.34. The Kier molecular flexibility index (Phi) is 12.1. The largest absolute Gasteiger partial charge is 0.405 e. The number of carbonyl (C=O) groups excluding carboxylic acids is 3. The van der Waals surface area contributed by atoms with Crippen LogP contribution in [0.4, 0.5) is 22.0 Å². The van der Waals surface area contributed by atoms with E-state index in [1.54, 1.807) is 48.5 Å². The lowest BCUT2D eigenvalue weighted by Crippen LogP contribution is -2.58. The first kappa shape index (κ1) is 35.9. The average Bonchev–Trinajstić information content (AvgIpc) is 2.97. The number of Topliss-reactive ketones (excluding diaryl/α,β-unsaturated/α-hetero) is 1. The Morgan fingerprint density at radius 2 is 1.31 bits per heavy atom. The number of alkyl halides is 5. The lowest BCUT2D eigenvalue weighted by molar-refractivity contribution is -0.165. The van der Waals surface area contributed by atoms with Gasteiger partial charge >= 0.3 is 12.1 Å². The molecule has 45 heavy (non-hydrogen) atoms. The zero-order valence-electron chi connectivity index (χ0n) is 24.3. The van der Waals surface area contributed by atoms with E-state index in [1.807, 2.05) is 30.3 Å². The van der Waals surface area contributed by atoms with Crippen LogP contribution in [0.15, 0.2) is 78.9 Å². The Balaban J connectivity index is 1.96. The average molecular weight is 673 g/mol. The molecule has 6 nitrogen and oxygen atoms in total. The van der Waals surface area contributed by atoms with E-state index in [0.717, 1.165) is 10.9 Å². The maximum Gasteiger partial charge on any atom is 0.405 e. The van der Waals surface area contributed by atoms with Gasteiger partial charge in [0.2, 0.25) is 11.7 Å². The molecule has 0 heterocycles. The molecule has 0 aromatic heterocycles. The van der Waals surface area contributed by atoms with Crippen LogP contribution < -0.4 is 16.4 Å². The third kappa shape index (κ3) is 9.72. The molecule has 0 bridgehead atoms. The monoisotopic (exact) mass is 671 g/mol. The first-order valence-electron chi connectivity index (χ1n) is 13.9. The Hall–Kier alpha value is -3.54. The molecule has 0 saturated carbocycles. The van der Waals surface area contributed by atoms with Gasteiger partial charge in [-0.1, -0.05) is 97.7 Å². The summed E-state index contributed by atoms with van der Waals surface area (Å²) in [5, 5.41) is 4.09. The van der Waals surface area contributed by atoms with E-state index in [0.29, 0.717) is 21.2 Å². The number of ketones is 1. The van der Waals surface area contributed by atoms with Gasteiger partial charge in [0.25, 0.3) is 5.91 Å².